The summed E-state index contributed by atoms with van der Waals surface area (Å²) in [6.45, 7) is 6.71. The summed E-state index contributed by atoms with van der Waals surface area (Å²) in [5.74, 6) is 0.971. The van der Waals surface area contributed by atoms with Crippen LogP contribution in [0, 0.1) is 12.8 Å². The van der Waals surface area contributed by atoms with E-state index in [1.165, 1.54) is 5.56 Å². The summed E-state index contributed by atoms with van der Waals surface area (Å²) in [5, 5.41) is 0. The van der Waals surface area contributed by atoms with Gasteiger partial charge in [0.05, 0.1) is 5.92 Å². The molecule has 0 aliphatic carbocycles. The molecule has 0 aromatic heterocycles. The van der Waals surface area contributed by atoms with Gasteiger partial charge in [-0.15, -0.1) is 0 Å². The number of aryl methyl sites for hydroxylation is 1. The van der Waals surface area contributed by atoms with E-state index in [1.807, 2.05) is 36.1 Å². The highest BCUT2D eigenvalue weighted by molar-refractivity contribution is 5.89. The quantitative estimate of drug-likeness (QED) is 0.851. The molecule has 2 heterocycles. The molecule has 2 fully saturated rings. The van der Waals surface area contributed by atoms with Gasteiger partial charge < -0.3 is 14.5 Å². The molecule has 2 amide bonds. The van der Waals surface area contributed by atoms with Gasteiger partial charge in [-0.2, -0.15) is 0 Å². The molecular formula is C19H26N2O3. The fraction of sp³-hybridized carbons (Fsp3) is 0.579. The number of hydrogen-bond acceptors (Lipinski definition) is 3. The molecule has 0 radical (unpaired) electrons. The Kier molecular flexibility index (Phi) is 5.07. The molecule has 24 heavy (non-hydrogen) atoms. The third-order valence-corrected chi connectivity index (χ3v) is 5.02. The van der Waals surface area contributed by atoms with Crippen molar-refractivity contribution in [1.82, 2.24) is 9.80 Å². The minimum atomic E-state index is -0.160. The fourth-order valence-corrected chi connectivity index (χ4v) is 3.50. The third kappa shape index (κ3) is 3.71. The molecule has 2 aliphatic heterocycles. The molecule has 0 bridgehead atoms. The first-order chi connectivity index (χ1) is 11.6. The number of piperidine rings is 1. The summed E-state index contributed by atoms with van der Waals surface area (Å²) in [5.41, 5.74) is 1.22. The van der Waals surface area contributed by atoms with Crippen molar-refractivity contribution in [3.8, 4) is 5.75 Å². The lowest BCUT2D eigenvalue weighted by atomic mass is 10.0. The van der Waals surface area contributed by atoms with Gasteiger partial charge in [0.25, 0.3) is 0 Å². The van der Waals surface area contributed by atoms with Gasteiger partial charge in [-0.25, -0.2) is 0 Å². The Morgan fingerprint density at radius 3 is 2.46 bits per heavy atom. The van der Waals surface area contributed by atoms with Crippen LogP contribution < -0.4 is 4.74 Å². The van der Waals surface area contributed by atoms with E-state index in [1.54, 1.807) is 4.90 Å². The number of benzene rings is 1. The minimum Gasteiger partial charge on any atom is -0.490 e. The zero-order valence-corrected chi connectivity index (χ0v) is 14.5. The van der Waals surface area contributed by atoms with Crippen LogP contribution in [-0.2, 0) is 9.59 Å². The van der Waals surface area contributed by atoms with Crippen LogP contribution in [0.3, 0.4) is 0 Å². The maximum atomic E-state index is 12.6. The number of likely N-dealkylation sites (tertiary alicyclic amines) is 2. The van der Waals surface area contributed by atoms with Crippen LogP contribution in [0.5, 0.6) is 5.75 Å². The van der Waals surface area contributed by atoms with E-state index in [-0.39, 0.29) is 23.8 Å². The molecule has 2 saturated heterocycles. The second-order valence-electron chi connectivity index (χ2n) is 6.79. The fourth-order valence-electron chi connectivity index (χ4n) is 3.50. The molecule has 2 aliphatic rings. The van der Waals surface area contributed by atoms with Crippen LogP contribution in [0.15, 0.2) is 24.3 Å². The largest absolute Gasteiger partial charge is 0.490 e. The number of carbonyl (C=O) groups is 2. The van der Waals surface area contributed by atoms with Crippen molar-refractivity contribution in [2.45, 2.75) is 39.2 Å². The average Bonchev–Trinajstić information content (AvgIpc) is 2.98. The Bertz CT molecular complexity index is 591. The lowest BCUT2D eigenvalue weighted by molar-refractivity contribution is -0.137. The minimum absolute atomic E-state index is 0.105. The molecule has 1 aromatic carbocycles. The Balaban J connectivity index is 1.49. The SMILES string of the molecule is CCN1C[C@H](C(=O)N2CCC(Oc3ccc(C)cc3)CC2)CC1=O. The van der Waals surface area contributed by atoms with Crippen molar-refractivity contribution < 1.29 is 14.3 Å². The summed E-state index contributed by atoms with van der Waals surface area (Å²) < 4.78 is 6.02. The molecule has 0 unspecified atom stereocenters. The number of hydrogen-bond donors (Lipinski definition) is 0. The van der Waals surface area contributed by atoms with Gasteiger partial charge in [-0.05, 0) is 26.0 Å². The number of rotatable bonds is 4. The highest BCUT2D eigenvalue weighted by Gasteiger charge is 2.36. The molecule has 0 spiro atoms. The van der Waals surface area contributed by atoms with Crippen molar-refractivity contribution in [3.05, 3.63) is 29.8 Å². The molecule has 0 N–H and O–H groups in total. The lowest BCUT2D eigenvalue weighted by Crippen LogP contribution is -2.44. The molecule has 3 rings (SSSR count). The van der Waals surface area contributed by atoms with Crippen LogP contribution >= 0.6 is 0 Å². The standard InChI is InChI=1S/C19H26N2O3/c1-3-20-13-15(12-18(20)22)19(23)21-10-8-17(9-11-21)24-16-6-4-14(2)5-7-16/h4-7,15,17H,3,8-13H2,1-2H3/t15-/m1/s1. The lowest BCUT2D eigenvalue weighted by Gasteiger charge is -2.33. The zero-order valence-electron chi connectivity index (χ0n) is 14.5. The van der Waals surface area contributed by atoms with Crippen molar-refractivity contribution in [3.63, 3.8) is 0 Å². The molecule has 5 nitrogen and oxygen atoms in total. The summed E-state index contributed by atoms with van der Waals surface area (Å²) in [4.78, 5) is 28.1. The van der Waals surface area contributed by atoms with Crippen molar-refractivity contribution >= 4 is 11.8 Å². The van der Waals surface area contributed by atoms with Gasteiger partial charge in [0, 0.05) is 45.4 Å². The van der Waals surface area contributed by atoms with E-state index in [4.69, 9.17) is 4.74 Å². The van der Waals surface area contributed by atoms with Gasteiger partial charge in [0.1, 0.15) is 11.9 Å². The number of ether oxygens (including phenoxy) is 1. The molecule has 5 heteroatoms. The van der Waals surface area contributed by atoms with Crippen molar-refractivity contribution in [2.24, 2.45) is 5.92 Å². The van der Waals surface area contributed by atoms with Crippen LogP contribution in [0.25, 0.3) is 0 Å². The first-order valence-corrected chi connectivity index (χ1v) is 8.86. The Morgan fingerprint density at radius 1 is 1.21 bits per heavy atom. The smallest absolute Gasteiger partial charge is 0.227 e. The first kappa shape index (κ1) is 16.8. The molecule has 1 atom stereocenters. The summed E-state index contributed by atoms with van der Waals surface area (Å²) in [6, 6.07) is 8.09. The first-order valence-electron chi connectivity index (χ1n) is 8.86. The van der Waals surface area contributed by atoms with E-state index in [0.717, 1.165) is 18.6 Å². The Hall–Kier alpha value is -2.04. The van der Waals surface area contributed by atoms with E-state index in [0.29, 0.717) is 32.6 Å². The molecular weight excluding hydrogens is 304 g/mol. The van der Waals surface area contributed by atoms with Gasteiger partial charge in [-0.1, -0.05) is 17.7 Å². The van der Waals surface area contributed by atoms with Gasteiger partial charge in [0.15, 0.2) is 0 Å². The second-order valence-corrected chi connectivity index (χ2v) is 6.79. The number of carbonyl (C=O) groups excluding carboxylic acids is 2. The number of nitrogens with zero attached hydrogens (tertiary/aromatic N) is 2. The van der Waals surface area contributed by atoms with E-state index >= 15 is 0 Å². The van der Waals surface area contributed by atoms with Crippen LogP contribution in [0.2, 0.25) is 0 Å². The third-order valence-electron chi connectivity index (χ3n) is 5.02. The molecule has 1 aromatic rings. The average molecular weight is 330 g/mol. The van der Waals surface area contributed by atoms with Crippen molar-refractivity contribution in [1.29, 1.82) is 0 Å². The Morgan fingerprint density at radius 2 is 1.88 bits per heavy atom. The predicted octanol–water partition coefficient (Wildman–Crippen LogP) is 2.23. The summed E-state index contributed by atoms with van der Waals surface area (Å²) in [6.07, 6.45) is 2.22. The predicted molar refractivity (Wildman–Crippen MR) is 91.8 cm³/mol. The summed E-state index contributed by atoms with van der Waals surface area (Å²) >= 11 is 0. The van der Waals surface area contributed by atoms with Crippen LogP contribution in [0.4, 0.5) is 0 Å². The zero-order chi connectivity index (χ0) is 17.1. The van der Waals surface area contributed by atoms with E-state index < -0.39 is 0 Å². The highest BCUT2D eigenvalue weighted by Crippen LogP contribution is 2.24. The monoisotopic (exact) mass is 330 g/mol. The van der Waals surface area contributed by atoms with Crippen molar-refractivity contribution in [2.75, 3.05) is 26.2 Å². The topological polar surface area (TPSA) is 49.9 Å². The highest BCUT2D eigenvalue weighted by atomic mass is 16.5. The normalized spacial score (nSPS) is 22.1. The van der Waals surface area contributed by atoms with E-state index in [2.05, 4.69) is 6.92 Å². The van der Waals surface area contributed by atoms with Gasteiger partial charge in [0.2, 0.25) is 11.8 Å². The molecule has 0 saturated carbocycles. The van der Waals surface area contributed by atoms with Gasteiger partial charge >= 0.3 is 0 Å². The molecule has 130 valence electrons. The van der Waals surface area contributed by atoms with Crippen LogP contribution in [0.1, 0.15) is 31.7 Å². The maximum absolute atomic E-state index is 12.6. The van der Waals surface area contributed by atoms with Gasteiger partial charge in [-0.3, -0.25) is 9.59 Å². The maximum Gasteiger partial charge on any atom is 0.227 e. The summed E-state index contributed by atoms with van der Waals surface area (Å²) in [7, 11) is 0. The van der Waals surface area contributed by atoms with E-state index in [9.17, 15) is 9.59 Å². The Labute approximate surface area is 143 Å². The second kappa shape index (κ2) is 7.24. The van der Waals surface area contributed by atoms with Crippen LogP contribution in [-0.4, -0.2) is 53.9 Å². The number of amides is 2.